The molecule has 0 N–H and O–H groups in total. The average molecular weight is 466 g/mol. The number of imidazole rings is 1. The van der Waals surface area contributed by atoms with E-state index in [0.717, 1.165) is 42.8 Å². The van der Waals surface area contributed by atoms with Gasteiger partial charge in [0.25, 0.3) is 5.91 Å². The van der Waals surface area contributed by atoms with Gasteiger partial charge in [-0.2, -0.15) is 0 Å². The van der Waals surface area contributed by atoms with Gasteiger partial charge in [-0.05, 0) is 43.5 Å². The number of halogens is 1. The molecule has 5 rings (SSSR count). The molecule has 1 aromatic heterocycles. The smallest absolute Gasteiger partial charge is 0.254 e. The summed E-state index contributed by atoms with van der Waals surface area (Å²) in [6, 6.07) is 15.4. The molecular weight excluding hydrogens is 438 g/mol. The van der Waals surface area contributed by atoms with E-state index in [9.17, 15) is 4.79 Å². The third-order valence-corrected chi connectivity index (χ3v) is 6.96. The molecule has 0 radical (unpaired) electrons. The zero-order valence-corrected chi connectivity index (χ0v) is 19.5. The molecule has 0 aliphatic carbocycles. The van der Waals surface area contributed by atoms with Crippen molar-refractivity contribution in [3.05, 3.63) is 82.9 Å². The number of ether oxygens (including phenoxy) is 2. The molecule has 2 aliphatic rings. The summed E-state index contributed by atoms with van der Waals surface area (Å²) in [4.78, 5) is 19.8. The number of amides is 1. The highest BCUT2D eigenvalue weighted by Gasteiger charge is 2.45. The monoisotopic (exact) mass is 465 g/mol. The predicted molar refractivity (Wildman–Crippen MR) is 127 cm³/mol. The molecule has 0 saturated carbocycles. The van der Waals surface area contributed by atoms with Crippen molar-refractivity contribution in [2.75, 3.05) is 19.7 Å². The van der Waals surface area contributed by atoms with Crippen molar-refractivity contribution in [3.63, 3.8) is 0 Å². The Kier molecular flexibility index (Phi) is 6.13. The van der Waals surface area contributed by atoms with E-state index in [0.29, 0.717) is 30.5 Å². The lowest BCUT2D eigenvalue weighted by atomic mass is 9.88. The van der Waals surface area contributed by atoms with Crippen LogP contribution < -0.4 is 4.74 Å². The van der Waals surface area contributed by atoms with Gasteiger partial charge in [-0.25, -0.2) is 4.98 Å². The van der Waals surface area contributed by atoms with Gasteiger partial charge in [0.15, 0.2) is 0 Å². The second-order valence-electron chi connectivity index (χ2n) is 8.96. The van der Waals surface area contributed by atoms with Crippen LogP contribution >= 0.6 is 11.6 Å². The van der Waals surface area contributed by atoms with Gasteiger partial charge in [0.1, 0.15) is 17.7 Å². The Morgan fingerprint density at radius 2 is 2.06 bits per heavy atom. The van der Waals surface area contributed by atoms with E-state index in [1.165, 1.54) is 0 Å². The standard InChI is InChI=1S/C26H28ClN3O3/c1-19-28-12-14-29(19)16-20-7-2-3-8-22(20)25(31)30-13-6-11-26(18-30)15-21(17-32-26)33-24-10-5-4-9-23(24)27/h2-5,7-10,12,14,21H,6,11,13,15-18H2,1H3/t21-,26+/m1/s1. The Balaban J connectivity index is 1.29. The molecular formula is C26H28ClN3O3. The van der Waals surface area contributed by atoms with Gasteiger partial charge in [0, 0.05) is 37.5 Å². The number of nitrogens with zero attached hydrogens (tertiary/aromatic N) is 3. The van der Waals surface area contributed by atoms with Crippen LogP contribution in [-0.4, -0.2) is 51.8 Å². The molecule has 1 spiro atoms. The van der Waals surface area contributed by atoms with Crippen molar-refractivity contribution >= 4 is 17.5 Å². The Labute approximate surface area is 199 Å². The molecule has 6 nitrogen and oxygen atoms in total. The van der Waals surface area contributed by atoms with Crippen molar-refractivity contribution in [1.82, 2.24) is 14.5 Å². The second kappa shape index (κ2) is 9.20. The minimum absolute atomic E-state index is 0.0570. The highest BCUT2D eigenvalue weighted by Crippen LogP contribution is 2.37. The van der Waals surface area contributed by atoms with E-state index in [1.807, 2.05) is 66.6 Å². The molecule has 2 aromatic carbocycles. The van der Waals surface area contributed by atoms with Crippen LogP contribution in [0.15, 0.2) is 60.9 Å². The summed E-state index contributed by atoms with van der Waals surface area (Å²) in [5, 5.41) is 0.601. The quantitative estimate of drug-likeness (QED) is 0.546. The van der Waals surface area contributed by atoms with Gasteiger partial charge in [-0.15, -0.1) is 0 Å². The fraction of sp³-hybridized carbons (Fsp3) is 0.385. The number of benzene rings is 2. The van der Waals surface area contributed by atoms with Crippen molar-refractivity contribution in [2.24, 2.45) is 0 Å². The third-order valence-electron chi connectivity index (χ3n) is 6.64. The summed E-state index contributed by atoms with van der Waals surface area (Å²) in [5.74, 6) is 1.66. The number of carbonyl (C=O) groups is 1. The van der Waals surface area contributed by atoms with Crippen LogP contribution in [0.1, 0.15) is 41.0 Å². The van der Waals surface area contributed by atoms with E-state index in [1.54, 1.807) is 6.20 Å². The third kappa shape index (κ3) is 4.63. The first-order valence-corrected chi connectivity index (χ1v) is 11.8. The first kappa shape index (κ1) is 22.0. The van der Waals surface area contributed by atoms with Crippen LogP contribution in [-0.2, 0) is 11.3 Å². The molecule has 2 saturated heterocycles. The van der Waals surface area contributed by atoms with Gasteiger partial charge in [0.2, 0.25) is 0 Å². The molecule has 172 valence electrons. The van der Waals surface area contributed by atoms with E-state index >= 15 is 0 Å². The predicted octanol–water partition coefficient (Wildman–Crippen LogP) is 4.74. The van der Waals surface area contributed by atoms with Crippen LogP contribution in [0.25, 0.3) is 0 Å². The lowest BCUT2D eigenvalue weighted by molar-refractivity contribution is -0.0453. The van der Waals surface area contributed by atoms with Gasteiger partial charge < -0.3 is 18.9 Å². The largest absolute Gasteiger partial charge is 0.486 e. The SMILES string of the molecule is Cc1nccn1Cc1ccccc1C(=O)N1CCC[C@]2(C[C@@H](Oc3ccccc3Cl)CO2)C1. The van der Waals surface area contributed by atoms with Gasteiger partial charge in [0.05, 0.1) is 23.8 Å². The van der Waals surface area contributed by atoms with Crippen molar-refractivity contribution in [3.8, 4) is 5.75 Å². The first-order valence-electron chi connectivity index (χ1n) is 11.4. The number of para-hydroxylation sites is 1. The number of likely N-dealkylation sites (tertiary alicyclic amines) is 1. The summed E-state index contributed by atoms with van der Waals surface area (Å²) >= 11 is 6.26. The number of piperidine rings is 1. The fourth-order valence-electron chi connectivity index (χ4n) is 4.95. The highest BCUT2D eigenvalue weighted by molar-refractivity contribution is 6.32. The summed E-state index contributed by atoms with van der Waals surface area (Å²) in [7, 11) is 0. The highest BCUT2D eigenvalue weighted by atomic mass is 35.5. The zero-order valence-electron chi connectivity index (χ0n) is 18.7. The maximum absolute atomic E-state index is 13.6. The second-order valence-corrected chi connectivity index (χ2v) is 9.37. The molecule has 3 heterocycles. The van der Waals surface area contributed by atoms with Gasteiger partial charge in [-0.3, -0.25) is 4.79 Å². The maximum atomic E-state index is 13.6. The number of aromatic nitrogens is 2. The van der Waals surface area contributed by atoms with Crippen LogP contribution in [0.4, 0.5) is 0 Å². The van der Waals surface area contributed by atoms with Crippen LogP contribution in [0.3, 0.4) is 0 Å². The fourth-order valence-corrected chi connectivity index (χ4v) is 5.13. The topological polar surface area (TPSA) is 56.6 Å². The zero-order chi connectivity index (χ0) is 22.8. The number of carbonyl (C=O) groups excluding carboxylic acids is 1. The summed E-state index contributed by atoms with van der Waals surface area (Å²) < 4.78 is 14.5. The number of hydrogen-bond acceptors (Lipinski definition) is 4. The molecule has 1 amide bonds. The van der Waals surface area contributed by atoms with E-state index < -0.39 is 0 Å². The maximum Gasteiger partial charge on any atom is 0.254 e. The minimum Gasteiger partial charge on any atom is -0.486 e. The Bertz CT molecular complexity index is 1150. The Morgan fingerprint density at radius 3 is 2.88 bits per heavy atom. The van der Waals surface area contributed by atoms with E-state index in [-0.39, 0.29) is 17.6 Å². The summed E-state index contributed by atoms with van der Waals surface area (Å²) in [6.07, 6.45) is 6.24. The summed E-state index contributed by atoms with van der Waals surface area (Å²) in [6.45, 7) is 4.41. The molecule has 2 aliphatic heterocycles. The Hall–Kier alpha value is -2.83. The molecule has 7 heteroatoms. The summed E-state index contributed by atoms with van der Waals surface area (Å²) in [5.41, 5.74) is 1.37. The number of hydrogen-bond donors (Lipinski definition) is 0. The molecule has 3 aromatic rings. The lowest BCUT2D eigenvalue weighted by Crippen LogP contribution is -2.50. The van der Waals surface area contributed by atoms with Gasteiger partial charge in [-0.1, -0.05) is 41.9 Å². The van der Waals surface area contributed by atoms with Crippen LogP contribution in [0.2, 0.25) is 5.02 Å². The van der Waals surface area contributed by atoms with Crippen LogP contribution in [0, 0.1) is 6.92 Å². The molecule has 0 bridgehead atoms. The number of aryl methyl sites for hydroxylation is 1. The normalized spacial score (nSPS) is 22.6. The van der Waals surface area contributed by atoms with Crippen molar-refractivity contribution in [1.29, 1.82) is 0 Å². The van der Waals surface area contributed by atoms with Crippen molar-refractivity contribution in [2.45, 2.75) is 44.4 Å². The van der Waals surface area contributed by atoms with E-state index in [2.05, 4.69) is 9.55 Å². The first-order chi connectivity index (χ1) is 16.0. The van der Waals surface area contributed by atoms with Crippen molar-refractivity contribution < 1.29 is 14.3 Å². The molecule has 2 fully saturated rings. The number of rotatable bonds is 5. The lowest BCUT2D eigenvalue weighted by Gasteiger charge is -2.39. The van der Waals surface area contributed by atoms with Crippen LogP contribution in [0.5, 0.6) is 5.75 Å². The van der Waals surface area contributed by atoms with Gasteiger partial charge >= 0.3 is 0 Å². The molecule has 33 heavy (non-hydrogen) atoms. The minimum atomic E-state index is -0.365. The molecule has 0 unspecified atom stereocenters. The Morgan fingerprint density at radius 1 is 1.24 bits per heavy atom. The molecule has 2 atom stereocenters. The average Bonchev–Trinajstić information content (AvgIpc) is 3.41. The van der Waals surface area contributed by atoms with E-state index in [4.69, 9.17) is 21.1 Å².